The van der Waals surface area contributed by atoms with E-state index in [4.69, 9.17) is 22.1 Å². The summed E-state index contributed by atoms with van der Waals surface area (Å²) in [6, 6.07) is 4.92. The van der Waals surface area contributed by atoms with Gasteiger partial charge >= 0.3 is 0 Å². The van der Waals surface area contributed by atoms with Gasteiger partial charge in [-0.25, -0.2) is 0 Å². The van der Waals surface area contributed by atoms with E-state index in [1.54, 1.807) is 18.2 Å². The molecule has 0 atom stereocenters. The number of carbonyl (C=O) groups is 1. The topological polar surface area (TPSA) is 64.3 Å². The summed E-state index contributed by atoms with van der Waals surface area (Å²) in [4.78, 5) is 11.4. The van der Waals surface area contributed by atoms with Crippen LogP contribution in [0.4, 0.5) is 5.69 Å². The van der Waals surface area contributed by atoms with E-state index in [9.17, 15) is 4.79 Å². The monoisotopic (exact) mass is 256 g/mol. The number of nitrogen functional groups attached to an aromatic ring is 1. The van der Waals surface area contributed by atoms with Crippen LogP contribution in [0.3, 0.4) is 0 Å². The molecule has 17 heavy (non-hydrogen) atoms. The molecule has 1 aromatic rings. The second-order valence-corrected chi connectivity index (χ2v) is 4.09. The molecule has 0 saturated heterocycles. The van der Waals surface area contributed by atoms with Crippen molar-refractivity contribution in [3.63, 3.8) is 0 Å². The summed E-state index contributed by atoms with van der Waals surface area (Å²) in [7, 11) is 0. The van der Waals surface area contributed by atoms with Crippen molar-refractivity contribution in [2.45, 2.75) is 19.8 Å². The molecule has 0 radical (unpaired) electrons. The first-order valence-corrected chi connectivity index (χ1v) is 5.95. The van der Waals surface area contributed by atoms with Gasteiger partial charge in [0.1, 0.15) is 5.75 Å². The molecule has 0 fully saturated rings. The summed E-state index contributed by atoms with van der Waals surface area (Å²) in [6.45, 7) is 2.71. The number of halogens is 1. The van der Waals surface area contributed by atoms with Crippen LogP contribution in [0.5, 0.6) is 5.75 Å². The van der Waals surface area contributed by atoms with Gasteiger partial charge in [0.25, 0.3) is 5.91 Å². The van der Waals surface area contributed by atoms with Crippen molar-refractivity contribution in [2.24, 2.45) is 0 Å². The molecule has 1 amide bonds. The van der Waals surface area contributed by atoms with Gasteiger partial charge in [0, 0.05) is 12.2 Å². The van der Waals surface area contributed by atoms with E-state index in [0.29, 0.717) is 23.0 Å². The fourth-order valence-corrected chi connectivity index (χ4v) is 1.48. The van der Waals surface area contributed by atoms with Gasteiger partial charge in [-0.15, -0.1) is 0 Å². The van der Waals surface area contributed by atoms with E-state index >= 15 is 0 Å². The molecule has 1 aromatic carbocycles. The zero-order valence-corrected chi connectivity index (χ0v) is 10.6. The normalized spacial score (nSPS) is 10.0. The number of nitrogens with two attached hydrogens (primary N) is 1. The molecule has 0 aliphatic rings. The second-order valence-electron chi connectivity index (χ2n) is 3.68. The quantitative estimate of drug-likeness (QED) is 0.606. The molecule has 5 heteroatoms. The Morgan fingerprint density at radius 1 is 1.53 bits per heavy atom. The average molecular weight is 257 g/mol. The van der Waals surface area contributed by atoms with Crippen LogP contribution >= 0.6 is 11.6 Å². The summed E-state index contributed by atoms with van der Waals surface area (Å²) in [5, 5.41) is 3.16. The summed E-state index contributed by atoms with van der Waals surface area (Å²) >= 11 is 5.90. The zero-order valence-electron chi connectivity index (χ0n) is 9.83. The molecule has 1 rings (SSSR count). The highest BCUT2D eigenvalue weighted by Crippen LogP contribution is 2.26. The predicted molar refractivity (Wildman–Crippen MR) is 69.3 cm³/mol. The van der Waals surface area contributed by atoms with Crippen molar-refractivity contribution in [2.75, 3.05) is 18.9 Å². The summed E-state index contributed by atoms with van der Waals surface area (Å²) in [5.74, 6) is 0.317. The third-order valence-electron chi connectivity index (χ3n) is 2.17. The smallest absolute Gasteiger partial charge is 0.257 e. The van der Waals surface area contributed by atoms with Crippen LogP contribution in [0, 0.1) is 0 Å². The van der Waals surface area contributed by atoms with E-state index in [-0.39, 0.29) is 12.5 Å². The SMILES string of the molecule is CCCCNC(=O)COc1ccc(N)cc1Cl. The Balaban J connectivity index is 2.37. The lowest BCUT2D eigenvalue weighted by molar-refractivity contribution is -0.123. The molecule has 94 valence electrons. The third kappa shape index (κ3) is 4.95. The second kappa shape index (κ2) is 7.01. The number of nitrogens with one attached hydrogen (secondary N) is 1. The number of carbonyl (C=O) groups excluding carboxylic acids is 1. The van der Waals surface area contributed by atoms with Crippen LogP contribution in [-0.2, 0) is 4.79 Å². The first kappa shape index (κ1) is 13.6. The number of amides is 1. The van der Waals surface area contributed by atoms with E-state index in [0.717, 1.165) is 12.8 Å². The fraction of sp³-hybridized carbons (Fsp3) is 0.417. The molecule has 0 spiro atoms. The third-order valence-corrected chi connectivity index (χ3v) is 2.46. The van der Waals surface area contributed by atoms with Crippen LogP contribution in [0.25, 0.3) is 0 Å². The van der Waals surface area contributed by atoms with Gasteiger partial charge in [-0.05, 0) is 24.6 Å². The number of anilines is 1. The highest BCUT2D eigenvalue weighted by Gasteiger charge is 2.05. The van der Waals surface area contributed by atoms with E-state index in [2.05, 4.69) is 12.2 Å². The minimum absolute atomic E-state index is 0.0344. The van der Waals surface area contributed by atoms with Crippen LogP contribution in [-0.4, -0.2) is 19.1 Å². The maximum absolute atomic E-state index is 11.4. The van der Waals surface area contributed by atoms with Gasteiger partial charge < -0.3 is 15.8 Å². The van der Waals surface area contributed by atoms with Crippen molar-refractivity contribution in [3.05, 3.63) is 23.2 Å². The minimum atomic E-state index is -0.147. The number of ether oxygens (including phenoxy) is 1. The van der Waals surface area contributed by atoms with Crippen LogP contribution in [0.2, 0.25) is 5.02 Å². The van der Waals surface area contributed by atoms with E-state index < -0.39 is 0 Å². The van der Waals surface area contributed by atoms with Crippen molar-refractivity contribution < 1.29 is 9.53 Å². The van der Waals surface area contributed by atoms with Gasteiger partial charge in [0.05, 0.1) is 5.02 Å². The Labute approximate surface area is 106 Å². The number of rotatable bonds is 6. The van der Waals surface area contributed by atoms with Crippen molar-refractivity contribution in [3.8, 4) is 5.75 Å². The maximum Gasteiger partial charge on any atom is 0.257 e. The van der Waals surface area contributed by atoms with Gasteiger partial charge in [-0.2, -0.15) is 0 Å². The molecule has 0 saturated carbocycles. The van der Waals surface area contributed by atoms with Crippen LogP contribution in [0.1, 0.15) is 19.8 Å². The Morgan fingerprint density at radius 2 is 2.29 bits per heavy atom. The molecule has 0 aliphatic carbocycles. The molecule has 3 N–H and O–H groups in total. The van der Waals surface area contributed by atoms with E-state index in [1.807, 2.05) is 0 Å². The zero-order chi connectivity index (χ0) is 12.7. The Morgan fingerprint density at radius 3 is 2.94 bits per heavy atom. The maximum atomic E-state index is 11.4. The fourth-order valence-electron chi connectivity index (χ4n) is 1.23. The molecule has 4 nitrogen and oxygen atoms in total. The number of hydrogen-bond donors (Lipinski definition) is 2. The lowest BCUT2D eigenvalue weighted by Gasteiger charge is -2.08. The summed E-state index contributed by atoms with van der Waals surface area (Å²) < 4.78 is 5.28. The Kier molecular flexibility index (Phi) is 5.63. The lowest BCUT2D eigenvalue weighted by Crippen LogP contribution is -2.29. The first-order valence-electron chi connectivity index (χ1n) is 5.58. The molecule has 0 bridgehead atoms. The number of unbranched alkanes of at least 4 members (excludes halogenated alkanes) is 1. The predicted octanol–water partition coefficient (Wildman–Crippen LogP) is 2.22. The standard InChI is InChI=1S/C12H17ClN2O2/c1-2-3-6-15-12(16)8-17-11-5-4-9(14)7-10(11)13/h4-5,7H,2-3,6,8,14H2,1H3,(H,15,16). The Hall–Kier alpha value is -1.42. The largest absolute Gasteiger partial charge is 0.482 e. The average Bonchev–Trinajstić information content (AvgIpc) is 2.28. The van der Waals surface area contributed by atoms with Crippen LogP contribution < -0.4 is 15.8 Å². The minimum Gasteiger partial charge on any atom is -0.482 e. The van der Waals surface area contributed by atoms with Gasteiger partial charge in [-0.3, -0.25) is 4.79 Å². The van der Waals surface area contributed by atoms with Crippen molar-refractivity contribution in [1.29, 1.82) is 0 Å². The number of hydrogen-bond acceptors (Lipinski definition) is 3. The molecule has 0 unspecified atom stereocenters. The summed E-state index contributed by atoms with van der Waals surface area (Å²) in [5.41, 5.74) is 6.11. The molecular weight excluding hydrogens is 240 g/mol. The van der Waals surface area contributed by atoms with Gasteiger partial charge in [0.15, 0.2) is 6.61 Å². The highest BCUT2D eigenvalue weighted by molar-refractivity contribution is 6.32. The van der Waals surface area contributed by atoms with Crippen molar-refractivity contribution in [1.82, 2.24) is 5.32 Å². The molecular formula is C12H17ClN2O2. The van der Waals surface area contributed by atoms with Gasteiger partial charge in [-0.1, -0.05) is 24.9 Å². The number of benzene rings is 1. The molecule has 0 aliphatic heterocycles. The molecule has 0 aromatic heterocycles. The van der Waals surface area contributed by atoms with E-state index in [1.165, 1.54) is 0 Å². The highest BCUT2D eigenvalue weighted by atomic mass is 35.5. The Bertz CT molecular complexity index is 383. The van der Waals surface area contributed by atoms with Gasteiger partial charge in [0.2, 0.25) is 0 Å². The molecule has 0 heterocycles. The summed E-state index contributed by atoms with van der Waals surface area (Å²) in [6.07, 6.45) is 2.01. The van der Waals surface area contributed by atoms with Crippen molar-refractivity contribution >= 4 is 23.2 Å². The first-order chi connectivity index (χ1) is 8.13. The lowest BCUT2D eigenvalue weighted by atomic mass is 10.3. The van der Waals surface area contributed by atoms with Crippen LogP contribution in [0.15, 0.2) is 18.2 Å².